The van der Waals surface area contributed by atoms with E-state index in [0.29, 0.717) is 18.7 Å². The zero-order valence-electron chi connectivity index (χ0n) is 18.0. The van der Waals surface area contributed by atoms with Crippen molar-refractivity contribution in [3.63, 3.8) is 0 Å². The van der Waals surface area contributed by atoms with Gasteiger partial charge in [-0.3, -0.25) is 9.59 Å². The number of hydrogen-bond donors (Lipinski definition) is 0. The average molecular weight is 451 g/mol. The van der Waals surface area contributed by atoms with Crippen molar-refractivity contribution in [2.75, 3.05) is 12.9 Å². The number of ketones is 1. The van der Waals surface area contributed by atoms with E-state index in [4.69, 9.17) is 9.47 Å². The largest absolute Gasteiger partial charge is 0.484 e. The fourth-order valence-electron chi connectivity index (χ4n) is 3.96. The number of esters is 1. The Morgan fingerprint density at radius 3 is 2.78 bits per heavy atom. The topological polar surface area (TPSA) is 70.4 Å². The highest BCUT2D eigenvalue weighted by Crippen LogP contribution is 2.36. The maximum absolute atomic E-state index is 12.5. The standard InChI is InChI=1S/C25H26N2O4S/c1-30-25(29)16-32-15-21-19-8-5-9-22(28)20(19)10-11-23(21)31-24(14-27-13-12-26-17-27)18-6-3-2-4-7-18/h2-4,6-7,10-13,17,24H,5,8-9,14-16H2,1H3/t24-/m1/s1. The van der Waals surface area contributed by atoms with E-state index >= 15 is 0 Å². The van der Waals surface area contributed by atoms with Gasteiger partial charge in [0.25, 0.3) is 0 Å². The number of benzene rings is 2. The Balaban J connectivity index is 1.66. The van der Waals surface area contributed by atoms with Gasteiger partial charge in [-0.15, -0.1) is 11.8 Å². The van der Waals surface area contributed by atoms with E-state index in [9.17, 15) is 9.59 Å². The number of carbonyl (C=O) groups is 2. The lowest BCUT2D eigenvalue weighted by Crippen LogP contribution is -2.18. The van der Waals surface area contributed by atoms with Crippen LogP contribution in [-0.2, 0) is 28.2 Å². The molecule has 2 aromatic carbocycles. The first kappa shape index (κ1) is 22.1. The number of rotatable bonds is 9. The van der Waals surface area contributed by atoms with Gasteiger partial charge in [0.05, 0.1) is 25.7 Å². The summed E-state index contributed by atoms with van der Waals surface area (Å²) in [4.78, 5) is 28.3. The molecule has 0 saturated heterocycles. The van der Waals surface area contributed by atoms with Crippen molar-refractivity contribution in [3.8, 4) is 5.75 Å². The molecule has 1 aliphatic carbocycles. The van der Waals surface area contributed by atoms with Crippen LogP contribution in [0.4, 0.5) is 0 Å². The van der Waals surface area contributed by atoms with Gasteiger partial charge in [0, 0.05) is 35.7 Å². The number of fused-ring (bicyclic) bond motifs is 1. The maximum Gasteiger partial charge on any atom is 0.315 e. The Morgan fingerprint density at radius 1 is 1.19 bits per heavy atom. The minimum Gasteiger partial charge on any atom is -0.484 e. The molecule has 32 heavy (non-hydrogen) atoms. The predicted molar refractivity (Wildman–Crippen MR) is 124 cm³/mol. The van der Waals surface area contributed by atoms with Gasteiger partial charge in [0.15, 0.2) is 5.78 Å². The number of methoxy groups -OCH3 is 1. The molecule has 0 radical (unpaired) electrons. The number of thioether (sulfide) groups is 1. The monoisotopic (exact) mass is 450 g/mol. The van der Waals surface area contributed by atoms with Gasteiger partial charge in [-0.2, -0.15) is 0 Å². The summed E-state index contributed by atoms with van der Waals surface area (Å²) in [5, 5.41) is 0. The van der Waals surface area contributed by atoms with Crippen LogP contribution in [0.2, 0.25) is 0 Å². The summed E-state index contributed by atoms with van der Waals surface area (Å²) < 4.78 is 13.4. The molecular formula is C25H26N2O4S. The minimum absolute atomic E-state index is 0.176. The van der Waals surface area contributed by atoms with Crippen molar-refractivity contribution in [1.29, 1.82) is 0 Å². The van der Waals surface area contributed by atoms with Gasteiger partial charge in [0.1, 0.15) is 11.9 Å². The Kier molecular flexibility index (Phi) is 7.27. The number of Topliss-reactive ketones (excluding diaryl/α,β-unsaturated/α-hetero) is 1. The first-order valence-corrected chi connectivity index (χ1v) is 11.8. The molecule has 0 amide bonds. The van der Waals surface area contributed by atoms with Crippen LogP contribution in [0, 0.1) is 0 Å². The lowest BCUT2D eigenvalue weighted by atomic mass is 9.87. The first-order chi connectivity index (χ1) is 15.7. The summed E-state index contributed by atoms with van der Waals surface area (Å²) in [6.45, 7) is 0.606. The molecular weight excluding hydrogens is 424 g/mol. The molecule has 3 aromatic rings. The zero-order valence-corrected chi connectivity index (χ0v) is 18.8. The Labute approximate surface area is 192 Å². The molecule has 166 valence electrons. The van der Waals surface area contributed by atoms with Crippen molar-refractivity contribution in [3.05, 3.63) is 83.4 Å². The van der Waals surface area contributed by atoms with Crippen LogP contribution in [0.3, 0.4) is 0 Å². The van der Waals surface area contributed by atoms with Crippen molar-refractivity contribution in [1.82, 2.24) is 9.55 Å². The Bertz CT molecular complexity index is 1070. The summed E-state index contributed by atoms with van der Waals surface area (Å²) in [7, 11) is 1.39. The normalized spacial score (nSPS) is 14.0. The fraction of sp³-hybridized carbons (Fsp3) is 0.320. The minimum atomic E-state index is -0.263. The molecule has 0 unspecified atom stereocenters. The van der Waals surface area contributed by atoms with Crippen molar-refractivity contribution >= 4 is 23.5 Å². The Morgan fingerprint density at radius 2 is 2.03 bits per heavy atom. The van der Waals surface area contributed by atoms with E-state index in [1.165, 1.54) is 18.9 Å². The highest BCUT2D eigenvalue weighted by Gasteiger charge is 2.24. The van der Waals surface area contributed by atoms with Gasteiger partial charge < -0.3 is 14.0 Å². The molecule has 0 saturated carbocycles. The second-order valence-electron chi connectivity index (χ2n) is 7.69. The van der Waals surface area contributed by atoms with Gasteiger partial charge in [-0.05, 0) is 36.1 Å². The summed E-state index contributed by atoms with van der Waals surface area (Å²) in [5.41, 5.74) is 3.88. The van der Waals surface area contributed by atoms with Crippen molar-refractivity contribution < 1.29 is 19.1 Å². The molecule has 1 atom stereocenters. The van der Waals surface area contributed by atoms with Crippen LogP contribution in [0.1, 0.15) is 46.0 Å². The SMILES string of the molecule is COC(=O)CSCc1c(O[C@H](Cn2ccnc2)c2ccccc2)ccc2c1CCCC2=O. The van der Waals surface area contributed by atoms with Crippen LogP contribution < -0.4 is 4.74 Å². The average Bonchev–Trinajstić information content (AvgIpc) is 3.33. The highest BCUT2D eigenvalue weighted by atomic mass is 32.2. The molecule has 4 rings (SSSR count). The molecule has 1 aliphatic rings. The zero-order chi connectivity index (χ0) is 22.3. The molecule has 6 nitrogen and oxygen atoms in total. The number of aromatic nitrogens is 2. The maximum atomic E-state index is 12.5. The summed E-state index contributed by atoms with van der Waals surface area (Å²) in [5.74, 6) is 1.50. The van der Waals surface area contributed by atoms with E-state index in [-0.39, 0.29) is 23.6 Å². The number of hydrogen-bond acceptors (Lipinski definition) is 6. The van der Waals surface area contributed by atoms with Crippen molar-refractivity contribution in [2.45, 2.75) is 37.7 Å². The van der Waals surface area contributed by atoms with E-state index in [0.717, 1.165) is 40.8 Å². The van der Waals surface area contributed by atoms with Gasteiger partial charge in [-0.25, -0.2) is 4.98 Å². The van der Waals surface area contributed by atoms with Crippen LogP contribution in [0.5, 0.6) is 5.75 Å². The van der Waals surface area contributed by atoms with Crippen LogP contribution in [-0.4, -0.2) is 34.2 Å². The van der Waals surface area contributed by atoms with E-state index < -0.39 is 0 Å². The number of carbonyl (C=O) groups excluding carboxylic acids is 2. The second kappa shape index (κ2) is 10.5. The predicted octanol–water partition coefficient (Wildman–Crippen LogP) is 4.63. The fourth-order valence-corrected chi connectivity index (χ4v) is 4.87. The molecule has 7 heteroatoms. The van der Waals surface area contributed by atoms with Gasteiger partial charge in [-0.1, -0.05) is 30.3 Å². The molecule has 0 bridgehead atoms. The molecule has 0 N–H and O–H groups in total. The third-order valence-electron chi connectivity index (χ3n) is 5.59. The number of nitrogens with zero attached hydrogens (tertiary/aromatic N) is 2. The third kappa shape index (κ3) is 5.22. The third-order valence-corrected chi connectivity index (χ3v) is 6.52. The first-order valence-electron chi connectivity index (χ1n) is 10.7. The Hall–Kier alpha value is -3.06. The van der Waals surface area contributed by atoms with Crippen LogP contribution in [0.25, 0.3) is 0 Å². The second-order valence-corrected chi connectivity index (χ2v) is 8.68. The number of imidazole rings is 1. The van der Waals surface area contributed by atoms with Gasteiger partial charge in [0.2, 0.25) is 0 Å². The quantitative estimate of drug-likeness (QED) is 0.443. The van der Waals surface area contributed by atoms with Crippen LogP contribution in [0.15, 0.2) is 61.2 Å². The van der Waals surface area contributed by atoms with Gasteiger partial charge >= 0.3 is 5.97 Å². The van der Waals surface area contributed by atoms with E-state index in [2.05, 4.69) is 17.1 Å². The lowest BCUT2D eigenvalue weighted by molar-refractivity contribution is -0.137. The summed E-state index contributed by atoms with van der Waals surface area (Å²) >= 11 is 1.47. The highest BCUT2D eigenvalue weighted by molar-refractivity contribution is 7.99. The van der Waals surface area contributed by atoms with E-state index in [1.54, 1.807) is 12.5 Å². The molecule has 1 heterocycles. The molecule has 1 aromatic heterocycles. The summed E-state index contributed by atoms with van der Waals surface area (Å²) in [6, 6.07) is 13.9. The van der Waals surface area contributed by atoms with Crippen molar-refractivity contribution in [2.24, 2.45) is 0 Å². The molecule has 0 spiro atoms. The molecule has 0 aliphatic heterocycles. The van der Waals surface area contributed by atoms with Crippen LogP contribution >= 0.6 is 11.8 Å². The van der Waals surface area contributed by atoms with E-state index in [1.807, 2.05) is 41.1 Å². The smallest absolute Gasteiger partial charge is 0.315 e. The summed E-state index contributed by atoms with van der Waals surface area (Å²) in [6.07, 6.45) is 7.46. The lowest BCUT2D eigenvalue weighted by Gasteiger charge is -2.25. The molecule has 0 fully saturated rings. The number of ether oxygens (including phenoxy) is 2.